The molecule has 1 aromatic heterocycles. The fraction of sp³-hybridized carbons (Fsp3) is 0.400. The van der Waals surface area contributed by atoms with Crippen LogP contribution in [0.4, 0.5) is 5.69 Å². The van der Waals surface area contributed by atoms with Crippen LogP contribution in [0.3, 0.4) is 0 Å². The first-order valence-corrected chi connectivity index (χ1v) is 7.08. The molecule has 0 aliphatic heterocycles. The number of nitro groups is 1. The van der Waals surface area contributed by atoms with Gasteiger partial charge < -0.3 is 5.32 Å². The molecule has 2 rings (SSSR count). The highest BCUT2D eigenvalue weighted by atomic mass is 16.6. The SMILES string of the molecule is CCC(C)n1ccc(CNCc2cccc([N+](=O)[O-])c2)n1. The smallest absolute Gasteiger partial charge is 0.269 e. The molecule has 0 aliphatic rings. The number of nitro benzene ring substituents is 1. The highest BCUT2D eigenvalue weighted by molar-refractivity contribution is 5.34. The molecule has 0 amide bonds. The van der Waals surface area contributed by atoms with E-state index < -0.39 is 0 Å². The second-order valence-electron chi connectivity index (χ2n) is 5.07. The van der Waals surface area contributed by atoms with E-state index in [-0.39, 0.29) is 10.6 Å². The third-order valence-corrected chi connectivity index (χ3v) is 3.46. The van der Waals surface area contributed by atoms with E-state index in [2.05, 4.69) is 24.3 Å². The summed E-state index contributed by atoms with van der Waals surface area (Å²) in [4.78, 5) is 10.3. The van der Waals surface area contributed by atoms with Crippen molar-refractivity contribution in [2.75, 3.05) is 0 Å². The van der Waals surface area contributed by atoms with E-state index in [0.29, 0.717) is 19.1 Å². The van der Waals surface area contributed by atoms with Gasteiger partial charge in [-0.25, -0.2) is 0 Å². The van der Waals surface area contributed by atoms with Crippen LogP contribution in [-0.4, -0.2) is 14.7 Å². The lowest BCUT2D eigenvalue weighted by atomic mass is 10.2. The minimum atomic E-state index is -0.378. The summed E-state index contributed by atoms with van der Waals surface area (Å²) in [6.07, 6.45) is 3.03. The van der Waals surface area contributed by atoms with E-state index in [1.807, 2.05) is 23.0 Å². The van der Waals surface area contributed by atoms with Gasteiger partial charge in [-0.1, -0.05) is 19.1 Å². The number of benzene rings is 1. The predicted octanol–water partition coefficient (Wildman–Crippen LogP) is 3.05. The van der Waals surface area contributed by atoms with E-state index in [1.54, 1.807) is 12.1 Å². The van der Waals surface area contributed by atoms with Crippen molar-refractivity contribution in [1.82, 2.24) is 15.1 Å². The maximum Gasteiger partial charge on any atom is 0.269 e. The fourth-order valence-corrected chi connectivity index (χ4v) is 2.02. The molecular formula is C15H20N4O2. The number of non-ortho nitro benzene ring substituents is 1. The van der Waals surface area contributed by atoms with Crippen LogP contribution in [0.25, 0.3) is 0 Å². The lowest BCUT2D eigenvalue weighted by Crippen LogP contribution is -2.14. The number of hydrogen-bond donors (Lipinski definition) is 1. The molecule has 0 aliphatic carbocycles. The topological polar surface area (TPSA) is 73.0 Å². The van der Waals surface area contributed by atoms with Gasteiger partial charge in [0.25, 0.3) is 5.69 Å². The molecule has 6 heteroatoms. The molecule has 2 aromatic rings. The average molecular weight is 288 g/mol. The first-order chi connectivity index (χ1) is 10.1. The van der Waals surface area contributed by atoms with E-state index in [4.69, 9.17) is 0 Å². The van der Waals surface area contributed by atoms with Crippen molar-refractivity contribution in [1.29, 1.82) is 0 Å². The van der Waals surface area contributed by atoms with E-state index >= 15 is 0 Å². The molecule has 1 aromatic carbocycles. The second kappa shape index (κ2) is 6.99. The summed E-state index contributed by atoms with van der Waals surface area (Å²) < 4.78 is 1.96. The number of rotatable bonds is 7. The van der Waals surface area contributed by atoms with Crippen molar-refractivity contribution in [2.24, 2.45) is 0 Å². The first-order valence-electron chi connectivity index (χ1n) is 7.08. The molecule has 1 heterocycles. The summed E-state index contributed by atoms with van der Waals surface area (Å²) >= 11 is 0. The lowest BCUT2D eigenvalue weighted by Gasteiger charge is -2.08. The second-order valence-corrected chi connectivity index (χ2v) is 5.07. The van der Waals surface area contributed by atoms with Crippen molar-refractivity contribution in [3.8, 4) is 0 Å². The molecule has 1 N–H and O–H groups in total. The number of aromatic nitrogens is 2. The van der Waals surface area contributed by atoms with Gasteiger partial charge in [0.2, 0.25) is 0 Å². The van der Waals surface area contributed by atoms with Gasteiger partial charge in [-0.2, -0.15) is 5.10 Å². The fourth-order valence-electron chi connectivity index (χ4n) is 2.02. The highest BCUT2D eigenvalue weighted by Gasteiger charge is 2.06. The van der Waals surface area contributed by atoms with Gasteiger partial charge in [-0.15, -0.1) is 0 Å². The van der Waals surface area contributed by atoms with Crippen LogP contribution in [0.1, 0.15) is 37.6 Å². The van der Waals surface area contributed by atoms with Crippen molar-refractivity contribution >= 4 is 5.69 Å². The van der Waals surface area contributed by atoms with Crippen LogP contribution in [0.15, 0.2) is 36.5 Å². The van der Waals surface area contributed by atoms with E-state index in [0.717, 1.165) is 17.7 Å². The Morgan fingerprint density at radius 1 is 1.38 bits per heavy atom. The molecule has 0 radical (unpaired) electrons. The third-order valence-electron chi connectivity index (χ3n) is 3.46. The Balaban J connectivity index is 1.88. The van der Waals surface area contributed by atoms with Gasteiger partial charge >= 0.3 is 0 Å². The Kier molecular flexibility index (Phi) is 5.05. The Labute approximate surface area is 123 Å². The van der Waals surface area contributed by atoms with Crippen LogP contribution in [-0.2, 0) is 13.1 Å². The number of hydrogen-bond acceptors (Lipinski definition) is 4. The van der Waals surface area contributed by atoms with Crippen LogP contribution in [0, 0.1) is 10.1 Å². The Morgan fingerprint density at radius 3 is 2.90 bits per heavy atom. The monoisotopic (exact) mass is 288 g/mol. The molecule has 112 valence electrons. The molecule has 0 spiro atoms. The number of nitrogens with zero attached hydrogens (tertiary/aromatic N) is 3. The molecule has 1 unspecified atom stereocenters. The minimum absolute atomic E-state index is 0.121. The first kappa shape index (κ1) is 15.2. The van der Waals surface area contributed by atoms with Gasteiger partial charge in [0.1, 0.15) is 0 Å². The number of nitrogens with one attached hydrogen (secondary N) is 1. The van der Waals surface area contributed by atoms with Crippen molar-refractivity contribution in [2.45, 2.75) is 39.4 Å². The van der Waals surface area contributed by atoms with Gasteiger partial charge in [-0.3, -0.25) is 14.8 Å². The van der Waals surface area contributed by atoms with Gasteiger partial charge in [-0.05, 0) is 25.0 Å². The Bertz CT molecular complexity index is 609. The van der Waals surface area contributed by atoms with Crippen molar-refractivity contribution in [3.05, 3.63) is 57.9 Å². The minimum Gasteiger partial charge on any atom is -0.307 e. The predicted molar refractivity (Wildman–Crippen MR) is 80.9 cm³/mol. The molecule has 0 saturated heterocycles. The maximum atomic E-state index is 10.7. The lowest BCUT2D eigenvalue weighted by molar-refractivity contribution is -0.384. The summed E-state index contributed by atoms with van der Waals surface area (Å²) in [5.41, 5.74) is 1.99. The molecule has 0 fully saturated rings. The summed E-state index contributed by atoms with van der Waals surface area (Å²) in [7, 11) is 0. The summed E-state index contributed by atoms with van der Waals surface area (Å²) in [6.45, 7) is 5.49. The molecule has 6 nitrogen and oxygen atoms in total. The van der Waals surface area contributed by atoms with E-state index in [9.17, 15) is 10.1 Å². The molecule has 21 heavy (non-hydrogen) atoms. The summed E-state index contributed by atoms with van der Waals surface area (Å²) in [5.74, 6) is 0. The summed E-state index contributed by atoms with van der Waals surface area (Å²) in [6, 6.07) is 9.05. The van der Waals surface area contributed by atoms with Gasteiger partial charge in [0.05, 0.1) is 10.6 Å². The molecule has 0 saturated carbocycles. The van der Waals surface area contributed by atoms with Crippen LogP contribution in [0.2, 0.25) is 0 Å². The maximum absolute atomic E-state index is 10.7. The van der Waals surface area contributed by atoms with Crippen molar-refractivity contribution in [3.63, 3.8) is 0 Å². The van der Waals surface area contributed by atoms with Gasteiger partial charge in [0.15, 0.2) is 0 Å². The van der Waals surface area contributed by atoms with E-state index in [1.165, 1.54) is 6.07 Å². The largest absolute Gasteiger partial charge is 0.307 e. The van der Waals surface area contributed by atoms with Crippen molar-refractivity contribution < 1.29 is 4.92 Å². The zero-order valence-electron chi connectivity index (χ0n) is 12.3. The molecule has 1 atom stereocenters. The normalized spacial score (nSPS) is 12.3. The standard InChI is InChI=1S/C15H20N4O2/c1-3-12(2)18-8-7-14(17-18)11-16-10-13-5-4-6-15(9-13)19(20)21/h4-9,12,16H,3,10-11H2,1-2H3. The quantitative estimate of drug-likeness (QED) is 0.627. The third kappa shape index (κ3) is 4.13. The zero-order valence-corrected chi connectivity index (χ0v) is 12.3. The molecular weight excluding hydrogens is 268 g/mol. The Hall–Kier alpha value is -2.21. The Morgan fingerprint density at radius 2 is 2.19 bits per heavy atom. The van der Waals surface area contributed by atoms with Crippen LogP contribution < -0.4 is 5.32 Å². The van der Waals surface area contributed by atoms with Crippen LogP contribution in [0.5, 0.6) is 0 Å². The van der Waals surface area contributed by atoms with Crippen LogP contribution >= 0.6 is 0 Å². The summed E-state index contributed by atoms with van der Waals surface area (Å²) in [5, 5.41) is 18.5. The van der Waals surface area contributed by atoms with Gasteiger partial charge in [0, 0.05) is 37.5 Å². The zero-order chi connectivity index (χ0) is 15.2. The average Bonchev–Trinajstić information content (AvgIpc) is 2.95. The molecule has 0 bridgehead atoms. The highest BCUT2D eigenvalue weighted by Crippen LogP contribution is 2.13.